The third kappa shape index (κ3) is 17.6. The molecule has 0 aliphatic carbocycles. The summed E-state index contributed by atoms with van der Waals surface area (Å²) in [4.78, 5) is 21.0. The molecule has 0 atom stereocenters. The molecule has 4 heteroatoms. The van der Waals surface area contributed by atoms with Gasteiger partial charge in [0.15, 0.2) is 0 Å². The number of nitrogens with zero attached hydrogens (tertiary/aromatic N) is 1. The molecular weight excluding hydrogens is 146 g/mol. The standard InChI is InChI=1S/C5H11NO.C2H4O2/c1-4-5(7)6(2)3;1-2(3)4/h4H2,1-3H3;1H3,(H,3,4). The van der Waals surface area contributed by atoms with Crippen molar-refractivity contribution in [3.05, 3.63) is 0 Å². The van der Waals surface area contributed by atoms with Gasteiger partial charge < -0.3 is 10.0 Å². The van der Waals surface area contributed by atoms with Crippen molar-refractivity contribution in [3.63, 3.8) is 0 Å². The highest BCUT2D eigenvalue weighted by molar-refractivity contribution is 5.75. The van der Waals surface area contributed by atoms with Crippen LogP contribution < -0.4 is 0 Å². The normalized spacial score (nSPS) is 7.64. The van der Waals surface area contributed by atoms with Gasteiger partial charge in [-0.2, -0.15) is 0 Å². The molecule has 0 spiro atoms. The predicted molar refractivity (Wildman–Crippen MR) is 42.3 cm³/mol. The van der Waals surface area contributed by atoms with Gasteiger partial charge in [0.25, 0.3) is 5.97 Å². The molecule has 0 aliphatic rings. The van der Waals surface area contributed by atoms with E-state index in [1.165, 1.54) is 0 Å². The molecule has 0 aromatic rings. The van der Waals surface area contributed by atoms with Crippen molar-refractivity contribution in [1.29, 1.82) is 0 Å². The summed E-state index contributed by atoms with van der Waals surface area (Å²) in [6.45, 7) is 2.93. The number of hydrogen-bond acceptors (Lipinski definition) is 2. The Bertz CT molecular complexity index is 128. The molecule has 0 fully saturated rings. The van der Waals surface area contributed by atoms with E-state index in [1.807, 2.05) is 6.92 Å². The lowest BCUT2D eigenvalue weighted by molar-refractivity contribution is -0.134. The van der Waals surface area contributed by atoms with Crippen molar-refractivity contribution >= 4 is 11.9 Å². The van der Waals surface area contributed by atoms with Crippen molar-refractivity contribution in [3.8, 4) is 0 Å². The lowest BCUT2D eigenvalue weighted by atomic mass is 10.4. The molecule has 66 valence electrons. The maximum absolute atomic E-state index is 10.4. The second-order valence-corrected chi connectivity index (χ2v) is 2.16. The van der Waals surface area contributed by atoms with E-state index in [0.717, 1.165) is 6.92 Å². The minimum atomic E-state index is -0.833. The van der Waals surface area contributed by atoms with Gasteiger partial charge in [-0.1, -0.05) is 6.92 Å². The van der Waals surface area contributed by atoms with E-state index >= 15 is 0 Å². The molecule has 0 saturated heterocycles. The van der Waals surface area contributed by atoms with E-state index < -0.39 is 5.97 Å². The van der Waals surface area contributed by atoms with Gasteiger partial charge in [0, 0.05) is 27.4 Å². The number of rotatable bonds is 1. The summed E-state index contributed by atoms with van der Waals surface area (Å²) in [7, 11) is 3.51. The van der Waals surface area contributed by atoms with Crippen molar-refractivity contribution in [2.24, 2.45) is 0 Å². The molecule has 11 heavy (non-hydrogen) atoms. The van der Waals surface area contributed by atoms with Crippen LogP contribution in [0.5, 0.6) is 0 Å². The maximum Gasteiger partial charge on any atom is 0.300 e. The number of carboxylic acids is 1. The van der Waals surface area contributed by atoms with Gasteiger partial charge in [-0.25, -0.2) is 0 Å². The van der Waals surface area contributed by atoms with Crippen molar-refractivity contribution in [1.82, 2.24) is 4.90 Å². The van der Waals surface area contributed by atoms with Crippen LogP contribution in [0.3, 0.4) is 0 Å². The van der Waals surface area contributed by atoms with Crippen LogP contribution in [0.2, 0.25) is 0 Å². The van der Waals surface area contributed by atoms with Gasteiger partial charge >= 0.3 is 0 Å². The van der Waals surface area contributed by atoms with E-state index in [2.05, 4.69) is 0 Å². The van der Waals surface area contributed by atoms with Crippen molar-refractivity contribution in [2.45, 2.75) is 20.3 Å². The fourth-order valence-corrected chi connectivity index (χ4v) is 0.316. The number of carboxylic acid groups (broad SMARTS) is 1. The van der Waals surface area contributed by atoms with Crippen LogP contribution >= 0.6 is 0 Å². The Kier molecular flexibility index (Phi) is 8.08. The van der Waals surface area contributed by atoms with Crippen LogP contribution in [-0.4, -0.2) is 36.0 Å². The summed E-state index contributed by atoms with van der Waals surface area (Å²) >= 11 is 0. The van der Waals surface area contributed by atoms with Crippen LogP contribution in [0, 0.1) is 0 Å². The van der Waals surface area contributed by atoms with E-state index in [-0.39, 0.29) is 5.91 Å². The Hall–Kier alpha value is -1.06. The molecule has 0 unspecified atom stereocenters. The van der Waals surface area contributed by atoms with Crippen LogP contribution in [0.4, 0.5) is 0 Å². The van der Waals surface area contributed by atoms with Gasteiger partial charge in [0.05, 0.1) is 0 Å². The predicted octanol–water partition coefficient (Wildman–Crippen LogP) is 0.575. The molecule has 0 aromatic heterocycles. The highest BCUT2D eigenvalue weighted by atomic mass is 16.4. The average Bonchev–Trinajstić information content (AvgIpc) is 1.85. The third-order valence-electron chi connectivity index (χ3n) is 0.801. The quantitative estimate of drug-likeness (QED) is 0.611. The second kappa shape index (κ2) is 7.05. The van der Waals surface area contributed by atoms with Gasteiger partial charge in [-0.05, 0) is 0 Å². The van der Waals surface area contributed by atoms with E-state index in [9.17, 15) is 4.79 Å². The fraction of sp³-hybridized carbons (Fsp3) is 0.714. The molecule has 1 amide bonds. The summed E-state index contributed by atoms with van der Waals surface area (Å²) < 4.78 is 0. The Morgan fingerprint density at radius 2 is 1.64 bits per heavy atom. The van der Waals surface area contributed by atoms with E-state index in [0.29, 0.717) is 6.42 Å². The maximum atomic E-state index is 10.4. The Balaban J connectivity index is 0. The number of hydrogen-bond donors (Lipinski definition) is 1. The summed E-state index contributed by atoms with van der Waals surface area (Å²) in [6.07, 6.45) is 0.604. The third-order valence-corrected chi connectivity index (χ3v) is 0.801. The molecule has 1 N–H and O–H groups in total. The highest BCUT2D eigenvalue weighted by Crippen LogP contribution is 1.81. The largest absolute Gasteiger partial charge is 0.481 e. The zero-order valence-corrected chi connectivity index (χ0v) is 7.42. The summed E-state index contributed by atoms with van der Waals surface area (Å²) in [6, 6.07) is 0. The van der Waals surface area contributed by atoms with Gasteiger partial charge in [-0.3, -0.25) is 9.59 Å². The lowest BCUT2D eigenvalue weighted by Gasteiger charge is -2.05. The van der Waals surface area contributed by atoms with Crippen LogP contribution in [0.1, 0.15) is 20.3 Å². The zero-order valence-electron chi connectivity index (χ0n) is 7.42. The molecule has 0 aliphatic heterocycles. The molecule has 0 bridgehead atoms. The minimum Gasteiger partial charge on any atom is -0.481 e. The summed E-state index contributed by atoms with van der Waals surface area (Å²) in [5, 5.41) is 7.42. The minimum absolute atomic E-state index is 0.181. The molecule has 0 heterocycles. The van der Waals surface area contributed by atoms with Crippen LogP contribution in [0.15, 0.2) is 0 Å². The summed E-state index contributed by atoms with van der Waals surface area (Å²) in [5.41, 5.74) is 0. The molecule has 4 nitrogen and oxygen atoms in total. The molecule has 0 radical (unpaired) electrons. The first kappa shape index (κ1) is 12.6. The number of carbonyl (C=O) groups is 2. The molecular formula is C7H15NO3. The van der Waals surface area contributed by atoms with Gasteiger partial charge in [0.2, 0.25) is 5.91 Å². The summed E-state index contributed by atoms with van der Waals surface area (Å²) in [5.74, 6) is -0.653. The zero-order chi connectivity index (χ0) is 9.44. The highest BCUT2D eigenvalue weighted by Gasteiger charge is 1.95. The van der Waals surface area contributed by atoms with Crippen molar-refractivity contribution < 1.29 is 14.7 Å². The van der Waals surface area contributed by atoms with Crippen LogP contribution in [0.25, 0.3) is 0 Å². The number of amides is 1. The number of carbonyl (C=O) groups excluding carboxylic acids is 1. The van der Waals surface area contributed by atoms with Crippen LogP contribution in [-0.2, 0) is 9.59 Å². The van der Waals surface area contributed by atoms with E-state index in [1.54, 1.807) is 19.0 Å². The van der Waals surface area contributed by atoms with Gasteiger partial charge in [-0.15, -0.1) is 0 Å². The second-order valence-electron chi connectivity index (χ2n) is 2.16. The smallest absolute Gasteiger partial charge is 0.300 e. The van der Waals surface area contributed by atoms with E-state index in [4.69, 9.17) is 9.90 Å². The Labute approximate surface area is 66.8 Å². The number of aliphatic carboxylic acids is 1. The average molecular weight is 161 g/mol. The first-order valence-electron chi connectivity index (χ1n) is 3.31. The monoisotopic (exact) mass is 161 g/mol. The lowest BCUT2D eigenvalue weighted by Crippen LogP contribution is -2.19. The molecule has 0 rings (SSSR count). The SMILES string of the molecule is CC(=O)O.CCC(=O)N(C)C. The fourth-order valence-electron chi connectivity index (χ4n) is 0.316. The Morgan fingerprint density at radius 3 is 1.64 bits per heavy atom. The first-order chi connectivity index (χ1) is 4.91. The molecule has 0 saturated carbocycles. The van der Waals surface area contributed by atoms with Crippen molar-refractivity contribution in [2.75, 3.05) is 14.1 Å². The Morgan fingerprint density at radius 1 is 1.36 bits per heavy atom. The first-order valence-corrected chi connectivity index (χ1v) is 3.31. The van der Waals surface area contributed by atoms with Gasteiger partial charge in [0.1, 0.15) is 0 Å². The molecule has 0 aromatic carbocycles. The topological polar surface area (TPSA) is 57.6 Å².